The molecule has 1 aromatic rings. The zero-order valence-corrected chi connectivity index (χ0v) is 16.1. The van der Waals surface area contributed by atoms with Gasteiger partial charge in [0.25, 0.3) is 0 Å². The highest BCUT2D eigenvalue weighted by atomic mass is 35.5. The number of benzene rings is 1. The molecule has 0 spiro atoms. The molecule has 0 heterocycles. The number of anilines is 1. The third-order valence-corrected chi connectivity index (χ3v) is 5.24. The summed E-state index contributed by atoms with van der Waals surface area (Å²) in [5, 5.41) is 3.41. The first-order valence-electron chi connectivity index (χ1n) is 7.19. The summed E-state index contributed by atoms with van der Waals surface area (Å²) in [7, 11) is -3.70. The second-order valence-corrected chi connectivity index (χ2v) is 8.64. The average Bonchev–Trinajstić information content (AvgIpc) is 2.35. The van der Waals surface area contributed by atoms with Crippen LogP contribution in [0.4, 0.5) is 5.69 Å². The first-order chi connectivity index (χ1) is 10.4. The van der Waals surface area contributed by atoms with Crippen molar-refractivity contribution < 1.29 is 13.2 Å². The van der Waals surface area contributed by atoms with Crippen molar-refractivity contribution in [3.63, 3.8) is 0 Å². The molecule has 1 N–H and O–H groups in total. The Morgan fingerprint density at radius 3 is 1.96 bits per heavy atom. The molecule has 1 rings (SSSR count). The van der Waals surface area contributed by atoms with E-state index in [0.717, 1.165) is 10.6 Å². The van der Waals surface area contributed by atoms with Crippen molar-refractivity contribution in [2.75, 3.05) is 10.6 Å². The van der Waals surface area contributed by atoms with Crippen molar-refractivity contribution in [3.8, 4) is 0 Å². The average molecular weight is 381 g/mol. The summed E-state index contributed by atoms with van der Waals surface area (Å²) in [6.07, 6.45) is 1.04. The van der Waals surface area contributed by atoms with Crippen LogP contribution < -0.4 is 9.62 Å². The number of amides is 1. The van der Waals surface area contributed by atoms with Crippen LogP contribution in [0.15, 0.2) is 18.2 Å². The van der Waals surface area contributed by atoms with Gasteiger partial charge in [0.05, 0.1) is 11.9 Å². The topological polar surface area (TPSA) is 66.5 Å². The summed E-state index contributed by atoms with van der Waals surface area (Å²) in [5.41, 5.74) is 0.254. The van der Waals surface area contributed by atoms with Crippen molar-refractivity contribution in [3.05, 3.63) is 28.2 Å². The predicted octanol–water partition coefficient (Wildman–Crippen LogP) is 3.31. The lowest BCUT2D eigenvalue weighted by atomic mass is 10.1. The van der Waals surface area contributed by atoms with E-state index in [4.69, 9.17) is 23.2 Å². The van der Waals surface area contributed by atoms with Gasteiger partial charge in [-0.15, -0.1) is 0 Å². The molecule has 0 saturated carbocycles. The van der Waals surface area contributed by atoms with Crippen molar-refractivity contribution in [1.82, 2.24) is 5.32 Å². The van der Waals surface area contributed by atoms with E-state index in [2.05, 4.69) is 5.32 Å². The second kappa shape index (κ2) is 7.73. The van der Waals surface area contributed by atoms with Crippen LogP contribution in [0.3, 0.4) is 0 Å². The van der Waals surface area contributed by atoms with Crippen molar-refractivity contribution in [2.45, 2.75) is 39.8 Å². The number of halogens is 2. The Morgan fingerprint density at radius 1 is 1.09 bits per heavy atom. The number of carbonyl (C=O) groups is 1. The molecule has 0 unspecified atom stereocenters. The zero-order chi connectivity index (χ0) is 17.9. The number of hydrogen-bond donors (Lipinski definition) is 1. The van der Waals surface area contributed by atoms with Gasteiger partial charge in [-0.2, -0.15) is 0 Å². The van der Waals surface area contributed by atoms with E-state index in [1.165, 1.54) is 25.1 Å². The van der Waals surface area contributed by atoms with Crippen LogP contribution in [-0.4, -0.2) is 32.7 Å². The van der Waals surface area contributed by atoms with Crippen LogP contribution in [0.5, 0.6) is 0 Å². The highest BCUT2D eigenvalue weighted by Gasteiger charge is 2.30. The molecule has 8 heteroatoms. The van der Waals surface area contributed by atoms with Crippen LogP contribution >= 0.6 is 23.2 Å². The van der Waals surface area contributed by atoms with E-state index in [9.17, 15) is 13.2 Å². The first kappa shape index (κ1) is 20.1. The zero-order valence-electron chi connectivity index (χ0n) is 13.8. The minimum Gasteiger partial charge on any atom is -0.352 e. The van der Waals surface area contributed by atoms with Crippen molar-refractivity contribution in [2.24, 2.45) is 5.92 Å². The summed E-state index contributed by atoms with van der Waals surface area (Å²) in [5.74, 6) is -0.147. The van der Waals surface area contributed by atoms with Crippen LogP contribution in [0, 0.1) is 5.92 Å². The van der Waals surface area contributed by atoms with Gasteiger partial charge in [0, 0.05) is 16.1 Å². The third-order valence-electron chi connectivity index (χ3n) is 3.56. The Hall–Kier alpha value is -0.980. The molecule has 2 atom stereocenters. The van der Waals surface area contributed by atoms with E-state index in [0.29, 0.717) is 10.0 Å². The molecule has 0 fully saturated rings. The Balaban J connectivity index is 3.20. The maximum absolute atomic E-state index is 12.4. The van der Waals surface area contributed by atoms with E-state index >= 15 is 0 Å². The number of nitrogens with one attached hydrogen (secondary N) is 1. The Kier molecular flexibility index (Phi) is 6.74. The van der Waals surface area contributed by atoms with Crippen molar-refractivity contribution in [1.29, 1.82) is 0 Å². The summed E-state index contributed by atoms with van der Waals surface area (Å²) in [4.78, 5) is 12.4. The molecule has 0 saturated heterocycles. The van der Waals surface area contributed by atoms with Gasteiger partial charge in [0.15, 0.2) is 0 Å². The molecule has 0 aliphatic rings. The molecular weight excluding hydrogens is 359 g/mol. The summed E-state index contributed by atoms with van der Waals surface area (Å²) < 4.78 is 25.4. The molecule has 0 radical (unpaired) electrons. The fourth-order valence-corrected chi connectivity index (χ4v) is 3.66. The van der Waals surface area contributed by atoms with Crippen molar-refractivity contribution >= 4 is 44.8 Å². The summed E-state index contributed by atoms with van der Waals surface area (Å²) in [6.45, 7) is 7.34. The first-order valence-corrected chi connectivity index (χ1v) is 9.79. The highest BCUT2D eigenvalue weighted by molar-refractivity contribution is 7.92. The van der Waals surface area contributed by atoms with Crippen LogP contribution in [0.1, 0.15) is 27.7 Å². The van der Waals surface area contributed by atoms with E-state index in [-0.39, 0.29) is 23.6 Å². The number of carbonyl (C=O) groups excluding carboxylic acids is 1. The van der Waals surface area contributed by atoms with E-state index in [1.54, 1.807) is 0 Å². The normalized spacial score (nSPS) is 14.4. The largest absolute Gasteiger partial charge is 0.352 e. The Labute approximate surface area is 148 Å². The van der Waals surface area contributed by atoms with Gasteiger partial charge in [-0.25, -0.2) is 8.42 Å². The molecular formula is C15H22Cl2N2O3S. The molecule has 130 valence electrons. The second-order valence-electron chi connectivity index (χ2n) is 5.90. The van der Waals surface area contributed by atoms with Gasteiger partial charge < -0.3 is 5.32 Å². The SMILES string of the molecule is CC(C)[C@H](C)NC(=O)[C@@H](C)N(c1cc(Cl)cc(Cl)c1)S(C)(=O)=O. The standard InChI is InChI=1S/C15H22Cl2N2O3S/c1-9(2)10(3)18-15(20)11(4)19(23(5,21)22)14-7-12(16)6-13(17)8-14/h6-11H,1-5H3,(H,18,20)/t10-,11+/m0/s1. The van der Waals surface area contributed by atoms with Gasteiger partial charge in [0.1, 0.15) is 6.04 Å². The van der Waals surface area contributed by atoms with Gasteiger partial charge in [-0.05, 0) is 38.0 Å². The van der Waals surface area contributed by atoms with Crippen LogP contribution in [-0.2, 0) is 14.8 Å². The van der Waals surface area contributed by atoms with Gasteiger partial charge in [-0.1, -0.05) is 37.0 Å². The quantitative estimate of drug-likeness (QED) is 0.822. The molecule has 0 aliphatic heterocycles. The molecule has 23 heavy (non-hydrogen) atoms. The lowest BCUT2D eigenvalue weighted by molar-refractivity contribution is -0.122. The molecule has 0 aliphatic carbocycles. The minimum atomic E-state index is -3.70. The smallest absolute Gasteiger partial charge is 0.243 e. The van der Waals surface area contributed by atoms with Crippen LogP contribution in [0.25, 0.3) is 0 Å². The summed E-state index contributed by atoms with van der Waals surface area (Å²) >= 11 is 11.9. The number of nitrogens with zero attached hydrogens (tertiary/aromatic N) is 1. The number of hydrogen-bond acceptors (Lipinski definition) is 3. The maximum Gasteiger partial charge on any atom is 0.243 e. The van der Waals surface area contributed by atoms with E-state index in [1.807, 2.05) is 20.8 Å². The fourth-order valence-electron chi connectivity index (χ4n) is 1.99. The Morgan fingerprint density at radius 2 is 1.57 bits per heavy atom. The maximum atomic E-state index is 12.4. The molecule has 1 amide bonds. The van der Waals surface area contributed by atoms with Gasteiger partial charge in [0.2, 0.25) is 15.9 Å². The predicted molar refractivity (Wildman–Crippen MR) is 95.7 cm³/mol. The Bertz CT molecular complexity index is 657. The third kappa shape index (κ3) is 5.55. The molecule has 0 bridgehead atoms. The van der Waals surface area contributed by atoms with E-state index < -0.39 is 16.1 Å². The lowest BCUT2D eigenvalue weighted by Crippen LogP contribution is -2.50. The molecule has 5 nitrogen and oxygen atoms in total. The fraction of sp³-hybridized carbons (Fsp3) is 0.533. The van der Waals surface area contributed by atoms with Gasteiger partial charge >= 0.3 is 0 Å². The monoisotopic (exact) mass is 380 g/mol. The highest BCUT2D eigenvalue weighted by Crippen LogP contribution is 2.28. The summed E-state index contributed by atoms with van der Waals surface area (Å²) in [6, 6.07) is 3.42. The lowest BCUT2D eigenvalue weighted by Gasteiger charge is -2.30. The number of sulfonamides is 1. The molecule has 1 aromatic carbocycles. The minimum absolute atomic E-state index is 0.0747. The number of rotatable bonds is 6. The molecule has 0 aromatic heterocycles. The van der Waals surface area contributed by atoms with Gasteiger partial charge in [-0.3, -0.25) is 9.10 Å². The van der Waals surface area contributed by atoms with Crippen LogP contribution in [0.2, 0.25) is 10.0 Å².